The van der Waals surface area contributed by atoms with E-state index in [0.717, 1.165) is 16.7 Å². The summed E-state index contributed by atoms with van der Waals surface area (Å²) in [4.78, 5) is 53.9. The number of nitrogens with one attached hydrogen (secondary N) is 2. The number of hydrogen-bond donors (Lipinski definition) is 2. The minimum atomic E-state index is -0.853. The van der Waals surface area contributed by atoms with E-state index in [1.165, 1.54) is 11.9 Å². The predicted molar refractivity (Wildman–Crippen MR) is 162 cm³/mol. The van der Waals surface area contributed by atoms with E-state index >= 15 is 0 Å². The molecule has 1 aliphatic rings. The van der Waals surface area contributed by atoms with Gasteiger partial charge in [0.2, 0.25) is 17.7 Å². The first-order chi connectivity index (χ1) is 19.1. The molecule has 1 saturated heterocycles. The summed E-state index contributed by atoms with van der Waals surface area (Å²) in [5.74, 6) is -2.24. The van der Waals surface area contributed by atoms with Gasteiger partial charge in [0.25, 0.3) is 0 Å². The number of carbonyl (C=O) groups excluding carboxylic acids is 4. The van der Waals surface area contributed by atoms with Crippen LogP contribution in [0.3, 0.4) is 0 Å². The molecule has 1 fully saturated rings. The first-order valence-electron chi connectivity index (χ1n) is 14.2. The Morgan fingerprint density at radius 3 is 2.34 bits per heavy atom. The first kappa shape index (κ1) is 33.5. The van der Waals surface area contributed by atoms with Crippen molar-refractivity contribution < 1.29 is 23.9 Å². The zero-order valence-corrected chi connectivity index (χ0v) is 25.9. The molecule has 224 valence electrons. The van der Waals surface area contributed by atoms with E-state index in [4.69, 9.17) is 4.74 Å². The third-order valence-electron chi connectivity index (χ3n) is 7.13. The van der Waals surface area contributed by atoms with Crippen LogP contribution in [-0.4, -0.2) is 60.4 Å². The van der Waals surface area contributed by atoms with Crippen LogP contribution in [0.4, 0.5) is 0 Å². The Hall–Kier alpha value is -3.68. The lowest BCUT2D eigenvalue weighted by Crippen LogP contribution is -2.54. The van der Waals surface area contributed by atoms with Crippen LogP contribution in [0.5, 0.6) is 0 Å². The number of benzene rings is 1. The van der Waals surface area contributed by atoms with Crippen LogP contribution in [0.25, 0.3) is 0 Å². The Labute approximate surface area is 245 Å². The summed E-state index contributed by atoms with van der Waals surface area (Å²) in [6.07, 6.45) is 4.26. The number of rotatable bonds is 5. The van der Waals surface area contributed by atoms with Gasteiger partial charge in [-0.2, -0.15) is 0 Å². The summed E-state index contributed by atoms with van der Waals surface area (Å²) < 4.78 is 5.90. The van der Waals surface area contributed by atoms with Gasteiger partial charge in [-0.05, 0) is 50.2 Å². The third-order valence-corrected chi connectivity index (χ3v) is 7.13. The van der Waals surface area contributed by atoms with Gasteiger partial charge in [-0.15, -0.1) is 0 Å². The van der Waals surface area contributed by atoms with Gasteiger partial charge in [0.05, 0.1) is 0 Å². The Morgan fingerprint density at radius 2 is 1.73 bits per heavy atom. The van der Waals surface area contributed by atoms with Gasteiger partial charge in [0, 0.05) is 19.4 Å². The summed E-state index contributed by atoms with van der Waals surface area (Å²) in [5, 5.41) is 5.42. The van der Waals surface area contributed by atoms with E-state index in [1.807, 2.05) is 57.2 Å². The van der Waals surface area contributed by atoms with Crippen molar-refractivity contribution in [1.82, 2.24) is 15.5 Å². The third kappa shape index (κ3) is 10.7. The van der Waals surface area contributed by atoms with Crippen LogP contribution in [0, 0.1) is 11.3 Å². The number of likely N-dealkylation sites (N-methyl/N-ethyl adjacent to an activating group) is 1. The van der Waals surface area contributed by atoms with Crippen molar-refractivity contribution in [3.8, 4) is 0 Å². The van der Waals surface area contributed by atoms with Gasteiger partial charge < -0.3 is 20.3 Å². The maximum atomic E-state index is 13.3. The predicted octanol–water partition coefficient (Wildman–Crippen LogP) is 4.51. The molecule has 2 rings (SSSR count). The molecule has 4 atom stereocenters. The van der Waals surface area contributed by atoms with Crippen molar-refractivity contribution in [3.05, 3.63) is 71.3 Å². The lowest BCUT2D eigenvalue weighted by Gasteiger charge is -2.30. The zero-order chi connectivity index (χ0) is 30.9. The number of esters is 1. The highest BCUT2D eigenvalue weighted by Gasteiger charge is 2.32. The second-order valence-corrected chi connectivity index (χ2v) is 12.2. The number of carbonyl (C=O) groups is 4. The van der Waals surface area contributed by atoms with E-state index in [-0.39, 0.29) is 24.3 Å². The molecule has 0 unspecified atom stereocenters. The number of hydrogen-bond acceptors (Lipinski definition) is 5. The highest BCUT2D eigenvalue weighted by molar-refractivity contribution is 5.93. The summed E-state index contributed by atoms with van der Waals surface area (Å²) in [6, 6.07) is 7.94. The van der Waals surface area contributed by atoms with Crippen molar-refractivity contribution in [2.45, 2.75) is 85.9 Å². The number of nitrogens with zero attached hydrogens (tertiary/aromatic N) is 1. The van der Waals surface area contributed by atoms with Gasteiger partial charge in [-0.1, -0.05) is 87.9 Å². The maximum absolute atomic E-state index is 13.3. The lowest BCUT2D eigenvalue weighted by atomic mass is 9.88. The SMILES string of the molecule is C=C1CC(=O)N[C@@H](C)C(=O)N(C)[C@@H](CCc2ccccc2)C(=O)NCC(=O)O[C@H](/C(C)=C/C(C)=C/C(C)(C)C)[C@H]1C. The van der Waals surface area contributed by atoms with E-state index < -0.39 is 41.9 Å². The van der Waals surface area contributed by atoms with Crippen molar-refractivity contribution in [2.24, 2.45) is 11.3 Å². The zero-order valence-electron chi connectivity index (χ0n) is 25.9. The van der Waals surface area contributed by atoms with Gasteiger partial charge >= 0.3 is 5.97 Å². The molecular weight excluding hydrogens is 518 g/mol. The standard InChI is InChI=1S/C33H47N3O5/c1-21(19-33(6,7)8)17-23(3)30-24(4)22(2)18-28(37)35-25(5)32(40)36(9)27(31(39)34-20-29(38)41-30)16-15-26-13-11-10-12-14-26/h10-14,17,19,24-25,27,30H,2,15-16,18,20H2,1,3-9H3,(H,34,39)(H,35,37)/b21-19+,23-17+/t24-,25-,27-,30+/m0/s1. The van der Waals surface area contributed by atoms with E-state index in [9.17, 15) is 19.2 Å². The van der Waals surface area contributed by atoms with E-state index in [1.54, 1.807) is 6.92 Å². The lowest BCUT2D eigenvalue weighted by molar-refractivity contribution is -0.149. The highest BCUT2D eigenvalue weighted by Crippen LogP contribution is 2.27. The molecule has 1 aromatic rings. The average molecular weight is 566 g/mol. The second-order valence-electron chi connectivity index (χ2n) is 12.2. The van der Waals surface area contributed by atoms with Crippen molar-refractivity contribution >= 4 is 23.7 Å². The van der Waals surface area contributed by atoms with Crippen molar-refractivity contribution in [3.63, 3.8) is 0 Å². The Bertz CT molecular complexity index is 1180. The molecule has 8 heteroatoms. The number of cyclic esters (lactones) is 1. The number of allylic oxidation sites excluding steroid dienone is 3. The molecule has 0 aromatic heterocycles. The average Bonchev–Trinajstić information content (AvgIpc) is 2.88. The quantitative estimate of drug-likeness (QED) is 0.311. The first-order valence-corrected chi connectivity index (χ1v) is 14.2. The smallest absolute Gasteiger partial charge is 0.326 e. The van der Waals surface area contributed by atoms with Crippen molar-refractivity contribution in [2.75, 3.05) is 13.6 Å². The van der Waals surface area contributed by atoms with E-state index in [0.29, 0.717) is 18.4 Å². The molecule has 0 spiro atoms. The Balaban J connectivity index is 2.39. The summed E-state index contributed by atoms with van der Waals surface area (Å²) >= 11 is 0. The van der Waals surface area contributed by atoms with Crippen LogP contribution in [-0.2, 0) is 30.3 Å². The van der Waals surface area contributed by atoms with Crippen LogP contribution in [0.15, 0.2) is 65.8 Å². The summed E-state index contributed by atoms with van der Waals surface area (Å²) in [6.45, 7) is 17.4. The van der Waals surface area contributed by atoms with Crippen LogP contribution in [0.2, 0.25) is 0 Å². The van der Waals surface area contributed by atoms with Crippen molar-refractivity contribution in [1.29, 1.82) is 0 Å². The highest BCUT2D eigenvalue weighted by atomic mass is 16.5. The topological polar surface area (TPSA) is 105 Å². The molecule has 3 amide bonds. The Morgan fingerprint density at radius 1 is 1.10 bits per heavy atom. The molecular formula is C33H47N3O5. The molecule has 41 heavy (non-hydrogen) atoms. The molecule has 2 N–H and O–H groups in total. The molecule has 1 heterocycles. The Kier molecular flexibility index (Phi) is 12.1. The molecule has 0 radical (unpaired) electrons. The molecule has 1 aliphatic heterocycles. The fourth-order valence-corrected chi connectivity index (χ4v) is 5.06. The second kappa shape index (κ2) is 14.8. The molecule has 1 aromatic carbocycles. The van der Waals surface area contributed by atoms with Crippen LogP contribution in [0.1, 0.15) is 66.9 Å². The van der Waals surface area contributed by atoms with Gasteiger partial charge in [0.1, 0.15) is 24.7 Å². The number of amides is 3. The maximum Gasteiger partial charge on any atom is 0.326 e. The normalized spacial score (nSPS) is 24.7. The fraction of sp³-hybridized carbons (Fsp3) is 0.515. The minimum Gasteiger partial charge on any atom is -0.456 e. The largest absolute Gasteiger partial charge is 0.456 e. The van der Waals surface area contributed by atoms with Gasteiger partial charge in [-0.25, -0.2) is 0 Å². The summed E-state index contributed by atoms with van der Waals surface area (Å²) in [5.41, 5.74) is 3.37. The van der Waals surface area contributed by atoms with Gasteiger partial charge in [0.15, 0.2) is 0 Å². The fourth-order valence-electron chi connectivity index (χ4n) is 5.06. The monoisotopic (exact) mass is 565 g/mol. The number of ether oxygens (including phenoxy) is 1. The number of aryl methyl sites for hydroxylation is 1. The molecule has 8 nitrogen and oxygen atoms in total. The van der Waals surface area contributed by atoms with E-state index in [2.05, 4.69) is 44.1 Å². The van der Waals surface area contributed by atoms with Crippen LogP contribution >= 0.6 is 0 Å². The molecule has 0 saturated carbocycles. The summed E-state index contributed by atoms with van der Waals surface area (Å²) in [7, 11) is 1.54. The minimum absolute atomic E-state index is 0.0325. The molecule has 0 aliphatic carbocycles. The molecule has 0 bridgehead atoms. The van der Waals surface area contributed by atoms with Crippen LogP contribution < -0.4 is 10.6 Å². The van der Waals surface area contributed by atoms with Gasteiger partial charge in [-0.3, -0.25) is 19.2 Å².